The molecule has 2 heterocycles. The third-order valence-electron chi connectivity index (χ3n) is 10.5. The van der Waals surface area contributed by atoms with Gasteiger partial charge in [0.25, 0.3) is 0 Å². The average Bonchev–Trinajstić information content (AvgIpc) is 3.40. The van der Waals surface area contributed by atoms with Gasteiger partial charge in [0.2, 0.25) is 11.8 Å². The summed E-state index contributed by atoms with van der Waals surface area (Å²) in [7, 11) is 3.89. The van der Waals surface area contributed by atoms with Gasteiger partial charge >= 0.3 is 6.18 Å². The molecule has 0 spiro atoms. The Bertz CT molecular complexity index is 1790. The second-order valence-corrected chi connectivity index (χ2v) is 15.3. The number of amides is 2. The van der Waals surface area contributed by atoms with E-state index in [9.17, 15) is 22.8 Å². The van der Waals surface area contributed by atoms with Crippen molar-refractivity contribution in [3.05, 3.63) is 95.2 Å². The van der Waals surface area contributed by atoms with Crippen LogP contribution in [0, 0.1) is 18.3 Å². The molecule has 6 nitrogen and oxygen atoms in total. The summed E-state index contributed by atoms with van der Waals surface area (Å²) in [6, 6.07) is 20.7. The molecule has 2 atom stereocenters. The van der Waals surface area contributed by atoms with E-state index in [2.05, 4.69) is 43.2 Å². The third-order valence-corrected chi connectivity index (χ3v) is 11.5. The Morgan fingerprint density at radius 1 is 0.958 bits per heavy atom. The van der Waals surface area contributed by atoms with Crippen molar-refractivity contribution in [2.24, 2.45) is 11.3 Å². The van der Waals surface area contributed by atoms with Gasteiger partial charge < -0.3 is 20.1 Å². The van der Waals surface area contributed by atoms with Gasteiger partial charge in [0, 0.05) is 55.0 Å². The quantitative estimate of drug-likeness (QED) is 0.186. The molecular weight excluding hydrogens is 634 g/mol. The van der Waals surface area contributed by atoms with E-state index < -0.39 is 17.3 Å². The van der Waals surface area contributed by atoms with Crippen LogP contribution in [0.3, 0.4) is 0 Å². The molecule has 0 radical (unpaired) electrons. The monoisotopic (exact) mass is 676 g/mol. The van der Waals surface area contributed by atoms with E-state index in [0.29, 0.717) is 35.6 Å². The number of aromatic amines is 1. The highest BCUT2D eigenvalue weighted by Gasteiger charge is 2.60. The normalized spacial score (nSPS) is 19.9. The number of para-hydroxylation sites is 1. The van der Waals surface area contributed by atoms with E-state index in [4.69, 9.17) is 0 Å². The van der Waals surface area contributed by atoms with Crippen molar-refractivity contribution >= 4 is 45.9 Å². The van der Waals surface area contributed by atoms with Crippen molar-refractivity contribution in [1.82, 2.24) is 9.88 Å². The standard InChI is InChI=1S/C38H43F3N4O2S/c1-24-33(29-8-6-7-9-31(29)42-24)34-30(36(34,2)3)22-32(46)45(23-25-10-12-26(13-11-25)38(39,40)41)37(18-20-48-21-19-37)35(47)43-27-14-16-28(17-15-27)44(4)5/h6-17,30,34,42H,18-23H2,1-5H3,(H,43,47)/t30-,34+/m1/s1. The lowest BCUT2D eigenvalue weighted by atomic mass is 9.87. The number of nitrogens with zero attached hydrogens (tertiary/aromatic N) is 2. The molecule has 3 aromatic carbocycles. The summed E-state index contributed by atoms with van der Waals surface area (Å²) in [4.78, 5) is 36.3. The van der Waals surface area contributed by atoms with Crippen molar-refractivity contribution in [3.63, 3.8) is 0 Å². The molecule has 1 aliphatic carbocycles. The summed E-state index contributed by atoms with van der Waals surface area (Å²) >= 11 is 1.74. The molecule has 1 saturated heterocycles. The first-order valence-corrected chi connectivity index (χ1v) is 17.6. The zero-order valence-electron chi connectivity index (χ0n) is 28.1. The number of rotatable bonds is 9. The predicted octanol–water partition coefficient (Wildman–Crippen LogP) is 8.62. The topological polar surface area (TPSA) is 68.4 Å². The first kappa shape index (κ1) is 34.0. The maximum atomic E-state index is 14.7. The molecule has 6 rings (SSSR count). The number of hydrogen-bond donors (Lipinski definition) is 2. The molecule has 0 bridgehead atoms. The fourth-order valence-corrected chi connectivity index (χ4v) is 8.74. The van der Waals surface area contributed by atoms with Crippen LogP contribution >= 0.6 is 11.8 Å². The minimum Gasteiger partial charge on any atom is -0.378 e. The van der Waals surface area contributed by atoms with Gasteiger partial charge in [-0.3, -0.25) is 9.59 Å². The van der Waals surface area contributed by atoms with Crippen LogP contribution in [0.15, 0.2) is 72.8 Å². The molecule has 0 unspecified atom stereocenters. The molecule has 48 heavy (non-hydrogen) atoms. The number of halogens is 3. The van der Waals surface area contributed by atoms with Crippen LogP contribution in [0.2, 0.25) is 0 Å². The zero-order chi connectivity index (χ0) is 34.4. The van der Waals surface area contributed by atoms with E-state index in [0.717, 1.165) is 34.4 Å². The van der Waals surface area contributed by atoms with Crippen molar-refractivity contribution in [3.8, 4) is 0 Å². The summed E-state index contributed by atoms with van der Waals surface area (Å²) in [6.45, 7) is 6.49. The number of benzene rings is 3. The second-order valence-electron chi connectivity index (χ2n) is 14.0. The summed E-state index contributed by atoms with van der Waals surface area (Å²) in [6.07, 6.45) is -3.34. The first-order valence-electron chi connectivity index (χ1n) is 16.4. The second kappa shape index (κ2) is 12.8. The molecule has 2 amide bonds. The molecule has 10 heteroatoms. The number of aryl methyl sites for hydroxylation is 1. The van der Waals surface area contributed by atoms with Crippen LogP contribution in [0.5, 0.6) is 0 Å². The Kier molecular flexibility index (Phi) is 9.08. The lowest BCUT2D eigenvalue weighted by molar-refractivity contribution is -0.147. The Balaban J connectivity index is 1.34. The van der Waals surface area contributed by atoms with Gasteiger partial charge in [-0.05, 0) is 102 Å². The highest BCUT2D eigenvalue weighted by Crippen LogP contribution is 2.67. The van der Waals surface area contributed by atoms with E-state index in [1.807, 2.05) is 55.4 Å². The van der Waals surface area contributed by atoms with Crippen LogP contribution in [0.4, 0.5) is 24.5 Å². The Labute approximate surface area is 284 Å². The molecule has 1 saturated carbocycles. The van der Waals surface area contributed by atoms with E-state index >= 15 is 0 Å². The van der Waals surface area contributed by atoms with Crippen molar-refractivity contribution in [2.75, 3.05) is 35.8 Å². The van der Waals surface area contributed by atoms with Gasteiger partial charge in [-0.1, -0.05) is 44.2 Å². The number of anilines is 2. The number of alkyl halides is 3. The summed E-state index contributed by atoms with van der Waals surface area (Å²) in [5, 5.41) is 4.26. The van der Waals surface area contributed by atoms with Gasteiger partial charge in [0.05, 0.1) is 5.56 Å². The minimum absolute atomic E-state index is 0.0367. The van der Waals surface area contributed by atoms with Crippen molar-refractivity contribution in [1.29, 1.82) is 0 Å². The molecule has 2 N–H and O–H groups in total. The summed E-state index contributed by atoms with van der Waals surface area (Å²) in [5.74, 6) is 1.14. The summed E-state index contributed by atoms with van der Waals surface area (Å²) < 4.78 is 40.3. The molecule has 2 fully saturated rings. The smallest absolute Gasteiger partial charge is 0.378 e. The van der Waals surface area contributed by atoms with Crippen LogP contribution in [-0.2, 0) is 22.3 Å². The lowest BCUT2D eigenvalue weighted by Crippen LogP contribution is -2.60. The molecule has 2 aliphatic rings. The predicted molar refractivity (Wildman–Crippen MR) is 188 cm³/mol. The fourth-order valence-electron chi connectivity index (χ4n) is 7.57. The number of carbonyl (C=O) groups excluding carboxylic acids is 2. The maximum Gasteiger partial charge on any atom is 0.416 e. The van der Waals surface area contributed by atoms with Crippen LogP contribution in [-0.4, -0.2) is 52.8 Å². The average molecular weight is 677 g/mol. The largest absolute Gasteiger partial charge is 0.416 e. The molecule has 4 aromatic rings. The number of fused-ring (bicyclic) bond motifs is 1. The van der Waals surface area contributed by atoms with E-state index in [1.165, 1.54) is 17.7 Å². The SMILES string of the molecule is Cc1[nH]c2ccccc2c1[C@@H]1[C@@H](CC(=O)N(Cc2ccc(C(F)(F)F)cc2)C2(C(=O)Nc3ccc(N(C)C)cc3)CCSCC2)C1(C)C. The van der Waals surface area contributed by atoms with Crippen LogP contribution in [0.1, 0.15) is 61.4 Å². The number of H-pyrrole nitrogens is 1. The number of carbonyl (C=O) groups is 2. The Hall–Kier alpha value is -3.92. The van der Waals surface area contributed by atoms with Gasteiger partial charge in [-0.15, -0.1) is 0 Å². The Morgan fingerprint density at radius 2 is 1.60 bits per heavy atom. The van der Waals surface area contributed by atoms with Gasteiger partial charge in [-0.25, -0.2) is 0 Å². The van der Waals surface area contributed by atoms with E-state index in [-0.39, 0.29) is 42.0 Å². The maximum absolute atomic E-state index is 14.7. The van der Waals surface area contributed by atoms with Gasteiger partial charge in [-0.2, -0.15) is 24.9 Å². The summed E-state index contributed by atoms with van der Waals surface area (Å²) in [5.41, 5.74) is 3.49. The number of nitrogens with one attached hydrogen (secondary N) is 2. The molecule has 1 aliphatic heterocycles. The van der Waals surface area contributed by atoms with Gasteiger partial charge in [0.15, 0.2) is 0 Å². The molecule has 1 aromatic heterocycles. The zero-order valence-corrected chi connectivity index (χ0v) is 28.9. The van der Waals surface area contributed by atoms with Crippen molar-refractivity contribution < 1.29 is 22.8 Å². The fraction of sp³-hybridized carbons (Fsp3) is 0.421. The van der Waals surface area contributed by atoms with Gasteiger partial charge in [0.1, 0.15) is 5.54 Å². The van der Waals surface area contributed by atoms with Crippen LogP contribution in [0.25, 0.3) is 10.9 Å². The van der Waals surface area contributed by atoms with Crippen molar-refractivity contribution in [2.45, 2.75) is 64.2 Å². The molecular formula is C38H43F3N4O2S. The first-order chi connectivity index (χ1) is 22.7. The minimum atomic E-state index is -4.47. The van der Waals surface area contributed by atoms with E-state index in [1.54, 1.807) is 16.7 Å². The number of hydrogen-bond acceptors (Lipinski definition) is 4. The third kappa shape index (κ3) is 6.43. The number of aromatic nitrogens is 1. The van der Waals surface area contributed by atoms with Crippen LogP contribution < -0.4 is 10.2 Å². The number of thioether (sulfide) groups is 1. The lowest BCUT2D eigenvalue weighted by Gasteiger charge is -2.45. The Morgan fingerprint density at radius 3 is 2.23 bits per heavy atom. The highest BCUT2D eigenvalue weighted by molar-refractivity contribution is 7.99. The molecule has 254 valence electrons. The highest BCUT2D eigenvalue weighted by atomic mass is 32.2.